The molecule has 0 bridgehead atoms. The van der Waals surface area contributed by atoms with Crippen molar-refractivity contribution in [1.29, 1.82) is 0 Å². The van der Waals surface area contributed by atoms with Crippen LogP contribution in [0.5, 0.6) is 0 Å². The Labute approximate surface area is 188 Å². The summed E-state index contributed by atoms with van der Waals surface area (Å²) < 4.78 is 1.48. The zero-order valence-corrected chi connectivity index (χ0v) is 18.4. The lowest BCUT2D eigenvalue weighted by Gasteiger charge is -2.34. The molecule has 1 amide bonds. The maximum atomic E-state index is 12.4. The minimum absolute atomic E-state index is 0.0191. The van der Waals surface area contributed by atoms with Crippen molar-refractivity contribution in [2.45, 2.75) is 25.9 Å². The molecule has 0 unspecified atom stereocenters. The number of carbonyl (C=O) groups excluding carboxylic acids is 1. The van der Waals surface area contributed by atoms with E-state index >= 15 is 0 Å². The number of benzene rings is 2. The normalized spacial score (nSPS) is 15.1. The van der Waals surface area contributed by atoms with Crippen molar-refractivity contribution in [3.8, 4) is 0 Å². The van der Waals surface area contributed by atoms with Crippen LogP contribution >= 0.6 is 0 Å². The minimum atomic E-state index is -0.259. The zero-order chi connectivity index (χ0) is 22.2. The number of hydrogen-bond donors (Lipinski definition) is 1. The van der Waals surface area contributed by atoms with Gasteiger partial charge in [-0.25, -0.2) is 4.98 Å². The molecule has 3 aromatic rings. The lowest BCUT2D eigenvalue weighted by molar-refractivity contribution is -0.121. The van der Waals surface area contributed by atoms with Crippen molar-refractivity contribution < 1.29 is 4.79 Å². The Balaban J connectivity index is 1.13. The summed E-state index contributed by atoms with van der Waals surface area (Å²) in [4.78, 5) is 33.7. The lowest BCUT2D eigenvalue weighted by atomic mass is 10.2. The molecule has 0 radical (unpaired) electrons. The molecule has 0 saturated carbocycles. The Hall–Kier alpha value is -3.03. The monoisotopic (exact) mass is 433 g/mol. The van der Waals surface area contributed by atoms with Crippen molar-refractivity contribution in [3.05, 3.63) is 76.7 Å². The summed E-state index contributed by atoms with van der Waals surface area (Å²) in [7, 11) is 0. The second-order valence-corrected chi connectivity index (χ2v) is 8.33. The number of nitrogens with one attached hydrogen (secondary N) is 1. The first-order valence-corrected chi connectivity index (χ1v) is 11.4. The van der Waals surface area contributed by atoms with Gasteiger partial charge >= 0.3 is 0 Å². The molecule has 1 aromatic heterocycles. The SMILES string of the molecule is O=C(Cn1c(=O)cnc2ccccc21)NCCCCN1CCN(Cc2ccccc2)CC1. The van der Waals surface area contributed by atoms with Gasteiger partial charge in [0.25, 0.3) is 5.56 Å². The fourth-order valence-corrected chi connectivity index (χ4v) is 4.18. The van der Waals surface area contributed by atoms with Crippen molar-refractivity contribution in [2.24, 2.45) is 0 Å². The van der Waals surface area contributed by atoms with Crippen LogP contribution < -0.4 is 10.9 Å². The summed E-state index contributed by atoms with van der Waals surface area (Å²) in [6.07, 6.45) is 3.26. The highest BCUT2D eigenvalue weighted by Gasteiger charge is 2.16. The average molecular weight is 434 g/mol. The summed E-state index contributed by atoms with van der Waals surface area (Å²) in [6.45, 7) is 7.12. The highest BCUT2D eigenvalue weighted by molar-refractivity contribution is 5.79. The van der Waals surface area contributed by atoms with Gasteiger partial charge in [-0.3, -0.25) is 19.1 Å². The Morgan fingerprint density at radius 1 is 0.906 bits per heavy atom. The summed E-state index contributed by atoms with van der Waals surface area (Å²) in [5.74, 6) is -0.141. The van der Waals surface area contributed by atoms with Crippen LogP contribution in [0.25, 0.3) is 11.0 Å². The van der Waals surface area contributed by atoms with Gasteiger partial charge in [0.15, 0.2) is 0 Å². The number of rotatable bonds is 9. The quantitative estimate of drug-likeness (QED) is 0.524. The summed E-state index contributed by atoms with van der Waals surface area (Å²) >= 11 is 0. The van der Waals surface area contributed by atoms with E-state index in [-0.39, 0.29) is 18.0 Å². The van der Waals surface area contributed by atoms with E-state index in [1.165, 1.54) is 16.3 Å². The van der Waals surface area contributed by atoms with E-state index in [9.17, 15) is 9.59 Å². The molecular weight excluding hydrogens is 402 g/mol. The van der Waals surface area contributed by atoms with Crippen LogP contribution in [0.1, 0.15) is 18.4 Å². The minimum Gasteiger partial charge on any atom is -0.355 e. The number of amides is 1. The van der Waals surface area contributed by atoms with Crippen molar-refractivity contribution in [3.63, 3.8) is 0 Å². The molecule has 7 nitrogen and oxygen atoms in total. The van der Waals surface area contributed by atoms with Gasteiger partial charge < -0.3 is 10.2 Å². The van der Waals surface area contributed by atoms with E-state index in [4.69, 9.17) is 0 Å². The third-order valence-electron chi connectivity index (χ3n) is 5.99. The molecule has 2 aromatic carbocycles. The molecule has 2 heterocycles. The lowest BCUT2D eigenvalue weighted by Crippen LogP contribution is -2.46. The van der Waals surface area contributed by atoms with Crippen molar-refractivity contribution in [1.82, 2.24) is 24.7 Å². The number of nitrogens with zero attached hydrogens (tertiary/aromatic N) is 4. The number of fused-ring (bicyclic) bond motifs is 1. The van der Waals surface area contributed by atoms with Crippen LogP contribution in [-0.2, 0) is 17.9 Å². The third kappa shape index (κ3) is 6.02. The van der Waals surface area contributed by atoms with Crippen LogP contribution in [0.15, 0.2) is 65.6 Å². The van der Waals surface area contributed by atoms with Gasteiger partial charge in [0.1, 0.15) is 6.54 Å². The highest BCUT2D eigenvalue weighted by atomic mass is 16.2. The molecule has 0 spiro atoms. The topological polar surface area (TPSA) is 70.5 Å². The Kier molecular flexibility index (Phi) is 7.64. The van der Waals surface area contributed by atoms with Crippen LogP contribution in [0, 0.1) is 0 Å². The van der Waals surface area contributed by atoms with Crippen molar-refractivity contribution in [2.75, 3.05) is 39.3 Å². The van der Waals surface area contributed by atoms with Gasteiger partial charge in [-0.1, -0.05) is 42.5 Å². The average Bonchev–Trinajstić information content (AvgIpc) is 2.82. The number of piperazine rings is 1. The first kappa shape index (κ1) is 22.2. The smallest absolute Gasteiger partial charge is 0.269 e. The standard InChI is InChI=1S/C25H31N5O2/c31-24(20-30-23-11-5-4-10-22(23)27-18-25(30)32)26-12-6-7-13-28-14-16-29(17-15-28)19-21-8-2-1-3-9-21/h1-5,8-11,18H,6-7,12-17,19-20H2,(H,26,31). The molecule has 7 heteroatoms. The molecule has 168 valence electrons. The fraction of sp³-hybridized carbons (Fsp3) is 0.400. The third-order valence-corrected chi connectivity index (χ3v) is 5.99. The van der Waals surface area contributed by atoms with E-state index < -0.39 is 0 Å². The van der Waals surface area contributed by atoms with E-state index in [0.717, 1.165) is 52.1 Å². The molecule has 4 rings (SSSR count). The van der Waals surface area contributed by atoms with Crippen molar-refractivity contribution >= 4 is 16.9 Å². The van der Waals surface area contributed by atoms with E-state index in [2.05, 4.69) is 50.4 Å². The molecule has 0 atom stereocenters. The molecule has 1 fully saturated rings. The van der Waals surface area contributed by atoms with Gasteiger partial charge in [0.2, 0.25) is 5.91 Å². The van der Waals surface area contributed by atoms with E-state index in [1.807, 2.05) is 24.3 Å². The molecule has 32 heavy (non-hydrogen) atoms. The number of hydrogen-bond acceptors (Lipinski definition) is 5. The number of unbranched alkanes of at least 4 members (excludes halogenated alkanes) is 1. The van der Waals surface area contributed by atoms with E-state index in [0.29, 0.717) is 17.6 Å². The number of para-hydroxylation sites is 2. The molecule has 1 N–H and O–H groups in total. The van der Waals surface area contributed by atoms with Crippen LogP contribution in [-0.4, -0.2) is 64.5 Å². The molecule has 0 aliphatic carbocycles. The Bertz CT molecular complexity index is 1070. The first-order valence-electron chi connectivity index (χ1n) is 11.4. The van der Waals surface area contributed by atoms with Crippen LogP contribution in [0.3, 0.4) is 0 Å². The number of aromatic nitrogens is 2. The summed E-state index contributed by atoms with van der Waals surface area (Å²) in [5, 5.41) is 2.95. The van der Waals surface area contributed by atoms with Gasteiger partial charge in [-0.15, -0.1) is 0 Å². The maximum absolute atomic E-state index is 12.4. The molecule has 1 aliphatic heterocycles. The van der Waals surface area contributed by atoms with Gasteiger partial charge in [-0.2, -0.15) is 0 Å². The van der Waals surface area contributed by atoms with Gasteiger partial charge in [-0.05, 0) is 37.1 Å². The second-order valence-electron chi connectivity index (χ2n) is 8.33. The summed E-state index contributed by atoms with van der Waals surface area (Å²) in [5.41, 5.74) is 2.51. The highest BCUT2D eigenvalue weighted by Crippen LogP contribution is 2.09. The number of carbonyl (C=O) groups is 1. The van der Waals surface area contributed by atoms with Gasteiger partial charge in [0, 0.05) is 39.3 Å². The Morgan fingerprint density at radius 3 is 2.44 bits per heavy atom. The van der Waals surface area contributed by atoms with Gasteiger partial charge in [0.05, 0.1) is 17.2 Å². The summed E-state index contributed by atoms with van der Waals surface area (Å²) in [6, 6.07) is 18.0. The predicted molar refractivity (Wildman–Crippen MR) is 126 cm³/mol. The largest absolute Gasteiger partial charge is 0.355 e. The van der Waals surface area contributed by atoms with Crippen LogP contribution in [0.4, 0.5) is 0 Å². The second kappa shape index (κ2) is 11.0. The Morgan fingerprint density at radius 2 is 1.62 bits per heavy atom. The zero-order valence-electron chi connectivity index (χ0n) is 18.4. The van der Waals surface area contributed by atoms with Crippen LogP contribution in [0.2, 0.25) is 0 Å². The molecule has 1 saturated heterocycles. The molecule has 1 aliphatic rings. The maximum Gasteiger partial charge on any atom is 0.269 e. The predicted octanol–water partition coefficient (Wildman–Crippen LogP) is 2.11. The van der Waals surface area contributed by atoms with E-state index in [1.54, 1.807) is 0 Å². The fourth-order valence-electron chi connectivity index (χ4n) is 4.18. The first-order chi connectivity index (χ1) is 15.7. The molecular formula is C25H31N5O2.